The van der Waals surface area contributed by atoms with Gasteiger partial charge in [-0.3, -0.25) is 4.90 Å². The van der Waals surface area contributed by atoms with Crippen LogP contribution in [0.3, 0.4) is 0 Å². The molecule has 2 aromatic carbocycles. The molecular formula is C18H22N2O2S. The summed E-state index contributed by atoms with van der Waals surface area (Å²) in [6.45, 7) is 3.72. The molecule has 1 saturated heterocycles. The lowest BCUT2D eigenvalue weighted by atomic mass is 10.0. The molecule has 0 spiro atoms. The number of nitrogens with zero attached hydrogens (tertiary/aromatic N) is 1. The van der Waals surface area contributed by atoms with Crippen molar-refractivity contribution in [1.29, 1.82) is 0 Å². The van der Waals surface area contributed by atoms with E-state index in [9.17, 15) is 8.42 Å². The van der Waals surface area contributed by atoms with Gasteiger partial charge in [0.15, 0.2) is 9.84 Å². The predicted molar refractivity (Wildman–Crippen MR) is 92.0 cm³/mol. The number of hydrogen-bond acceptors (Lipinski definition) is 4. The minimum absolute atomic E-state index is 0.347. The highest BCUT2D eigenvalue weighted by Gasteiger charge is 2.23. The van der Waals surface area contributed by atoms with Gasteiger partial charge in [0.1, 0.15) is 0 Å². The number of nitrogens with one attached hydrogen (secondary N) is 1. The van der Waals surface area contributed by atoms with Gasteiger partial charge >= 0.3 is 0 Å². The normalized spacial score (nSPS) is 19.6. The minimum Gasteiger partial charge on any atom is -0.314 e. The van der Waals surface area contributed by atoms with Gasteiger partial charge in [-0.2, -0.15) is 0 Å². The molecule has 0 unspecified atom stereocenters. The summed E-state index contributed by atoms with van der Waals surface area (Å²) < 4.78 is 23.1. The van der Waals surface area contributed by atoms with Crippen molar-refractivity contribution in [3.63, 3.8) is 0 Å². The number of piperazine rings is 1. The molecule has 1 heterocycles. The molecule has 0 radical (unpaired) electrons. The fourth-order valence-corrected chi connectivity index (χ4v) is 3.65. The average Bonchev–Trinajstić information content (AvgIpc) is 2.56. The van der Waals surface area contributed by atoms with E-state index in [2.05, 4.69) is 34.5 Å². The summed E-state index contributed by atoms with van der Waals surface area (Å²) in [5, 5.41) is 3.46. The van der Waals surface area contributed by atoms with E-state index in [4.69, 9.17) is 0 Å². The number of benzene rings is 2. The molecule has 1 atom stereocenters. The molecule has 0 bridgehead atoms. The fourth-order valence-electron chi connectivity index (χ4n) is 3.02. The van der Waals surface area contributed by atoms with Crippen LogP contribution >= 0.6 is 0 Å². The van der Waals surface area contributed by atoms with Crippen LogP contribution < -0.4 is 5.32 Å². The van der Waals surface area contributed by atoms with Crippen molar-refractivity contribution in [1.82, 2.24) is 10.2 Å². The van der Waals surface area contributed by atoms with Crippen molar-refractivity contribution in [2.45, 2.75) is 17.5 Å². The van der Waals surface area contributed by atoms with Gasteiger partial charge in [0.2, 0.25) is 0 Å². The van der Waals surface area contributed by atoms with Crippen LogP contribution in [-0.4, -0.2) is 39.2 Å². The first-order valence-electron chi connectivity index (χ1n) is 7.83. The maximum Gasteiger partial charge on any atom is 0.175 e. The maximum absolute atomic E-state index is 11.6. The third-order valence-corrected chi connectivity index (χ3v) is 5.40. The highest BCUT2D eigenvalue weighted by atomic mass is 32.2. The Hall–Kier alpha value is -1.69. The second-order valence-corrected chi connectivity index (χ2v) is 8.03. The van der Waals surface area contributed by atoms with Crippen LogP contribution in [0.1, 0.15) is 17.2 Å². The van der Waals surface area contributed by atoms with Crippen LogP contribution in [0.4, 0.5) is 0 Å². The second kappa shape index (κ2) is 6.83. The first-order valence-corrected chi connectivity index (χ1v) is 9.72. The zero-order valence-electron chi connectivity index (χ0n) is 13.3. The zero-order valence-corrected chi connectivity index (χ0v) is 14.1. The number of hydrogen-bond donors (Lipinski definition) is 1. The molecule has 4 nitrogen and oxygen atoms in total. The van der Waals surface area contributed by atoms with Crippen LogP contribution in [0.15, 0.2) is 59.5 Å². The minimum atomic E-state index is -3.13. The Morgan fingerprint density at radius 1 is 1.09 bits per heavy atom. The molecule has 0 aliphatic carbocycles. The van der Waals surface area contributed by atoms with Gasteiger partial charge in [-0.05, 0) is 23.3 Å². The first-order chi connectivity index (χ1) is 11.0. The van der Waals surface area contributed by atoms with Crippen LogP contribution in [0.2, 0.25) is 0 Å². The standard InChI is InChI=1S/C18H22N2O2S/c1-23(21,22)17-9-7-15(8-10-17)14-20-12-11-19-13-18(20)16-5-3-2-4-6-16/h2-10,18-19H,11-14H2,1H3/t18-/m1/s1. The second-order valence-electron chi connectivity index (χ2n) is 6.02. The number of rotatable bonds is 4. The summed E-state index contributed by atoms with van der Waals surface area (Å²) in [5.41, 5.74) is 2.45. The topological polar surface area (TPSA) is 49.4 Å². The molecule has 0 saturated carbocycles. The highest BCUT2D eigenvalue weighted by Crippen LogP contribution is 2.24. The lowest BCUT2D eigenvalue weighted by Crippen LogP contribution is -2.45. The van der Waals surface area contributed by atoms with Crippen molar-refractivity contribution >= 4 is 9.84 Å². The Morgan fingerprint density at radius 2 is 1.78 bits per heavy atom. The van der Waals surface area contributed by atoms with Gasteiger partial charge in [0.25, 0.3) is 0 Å². The third kappa shape index (κ3) is 3.99. The highest BCUT2D eigenvalue weighted by molar-refractivity contribution is 7.90. The van der Waals surface area contributed by atoms with E-state index < -0.39 is 9.84 Å². The lowest BCUT2D eigenvalue weighted by molar-refractivity contribution is 0.153. The first kappa shape index (κ1) is 16.2. The van der Waals surface area contributed by atoms with E-state index in [-0.39, 0.29) is 0 Å². The van der Waals surface area contributed by atoms with Crippen LogP contribution in [0, 0.1) is 0 Å². The van der Waals surface area contributed by atoms with E-state index in [0.29, 0.717) is 10.9 Å². The smallest absolute Gasteiger partial charge is 0.175 e. The zero-order chi connectivity index (χ0) is 16.3. The van der Waals surface area contributed by atoms with E-state index in [1.54, 1.807) is 12.1 Å². The Labute approximate surface area is 138 Å². The van der Waals surface area contributed by atoms with Crippen molar-refractivity contribution in [3.05, 3.63) is 65.7 Å². The molecular weight excluding hydrogens is 308 g/mol. The van der Waals surface area contributed by atoms with Gasteiger partial charge < -0.3 is 5.32 Å². The van der Waals surface area contributed by atoms with Crippen LogP contribution in [-0.2, 0) is 16.4 Å². The van der Waals surface area contributed by atoms with Gasteiger partial charge in [-0.25, -0.2) is 8.42 Å². The molecule has 5 heteroatoms. The molecule has 1 aliphatic rings. The molecule has 2 aromatic rings. The average molecular weight is 330 g/mol. The predicted octanol–water partition coefficient (Wildman–Crippen LogP) is 2.24. The van der Waals surface area contributed by atoms with Gasteiger partial charge in [0, 0.05) is 38.5 Å². The summed E-state index contributed by atoms with van der Waals surface area (Å²) in [5.74, 6) is 0. The van der Waals surface area contributed by atoms with Crippen molar-refractivity contribution in [3.8, 4) is 0 Å². The Balaban J connectivity index is 1.77. The van der Waals surface area contributed by atoms with E-state index in [1.807, 2.05) is 18.2 Å². The molecule has 1 aliphatic heterocycles. The van der Waals surface area contributed by atoms with Gasteiger partial charge in [-0.15, -0.1) is 0 Å². The molecule has 122 valence electrons. The largest absolute Gasteiger partial charge is 0.314 e. The summed E-state index contributed by atoms with van der Waals surface area (Å²) in [4.78, 5) is 2.82. The summed E-state index contributed by atoms with van der Waals surface area (Å²) in [6.07, 6.45) is 1.24. The Kier molecular flexibility index (Phi) is 4.80. The van der Waals surface area contributed by atoms with Crippen molar-refractivity contribution in [2.75, 3.05) is 25.9 Å². The monoisotopic (exact) mass is 330 g/mol. The van der Waals surface area contributed by atoms with E-state index in [0.717, 1.165) is 31.7 Å². The number of sulfone groups is 1. The van der Waals surface area contributed by atoms with Crippen molar-refractivity contribution in [2.24, 2.45) is 0 Å². The summed E-state index contributed by atoms with van der Waals surface area (Å²) in [6, 6.07) is 18.1. The van der Waals surface area contributed by atoms with E-state index in [1.165, 1.54) is 11.8 Å². The fraction of sp³-hybridized carbons (Fsp3) is 0.333. The quantitative estimate of drug-likeness (QED) is 0.934. The molecule has 1 fully saturated rings. The van der Waals surface area contributed by atoms with E-state index >= 15 is 0 Å². The van der Waals surface area contributed by atoms with Crippen LogP contribution in [0.5, 0.6) is 0 Å². The lowest BCUT2D eigenvalue weighted by Gasteiger charge is -2.36. The molecule has 3 rings (SSSR count). The van der Waals surface area contributed by atoms with Gasteiger partial charge in [-0.1, -0.05) is 42.5 Å². The summed E-state index contributed by atoms with van der Waals surface area (Å²) in [7, 11) is -3.13. The maximum atomic E-state index is 11.6. The molecule has 1 N–H and O–H groups in total. The Bertz CT molecular complexity index is 742. The summed E-state index contributed by atoms with van der Waals surface area (Å²) >= 11 is 0. The Morgan fingerprint density at radius 3 is 2.43 bits per heavy atom. The van der Waals surface area contributed by atoms with Gasteiger partial charge in [0.05, 0.1) is 4.90 Å². The molecule has 0 aromatic heterocycles. The molecule has 23 heavy (non-hydrogen) atoms. The van der Waals surface area contributed by atoms with Crippen molar-refractivity contribution < 1.29 is 8.42 Å². The molecule has 0 amide bonds. The van der Waals surface area contributed by atoms with Crippen LogP contribution in [0.25, 0.3) is 0 Å². The SMILES string of the molecule is CS(=O)(=O)c1ccc(CN2CCNC[C@@H]2c2ccccc2)cc1. The third-order valence-electron chi connectivity index (χ3n) is 4.28.